The number of hydrogen-bond donors (Lipinski definition) is 1. The minimum atomic E-state index is -3.80. The first-order valence-corrected chi connectivity index (χ1v) is 6.92. The lowest BCUT2D eigenvalue weighted by atomic mass is 9.96. The van der Waals surface area contributed by atoms with Crippen molar-refractivity contribution in [1.29, 1.82) is 0 Å². The van der Waals surface area contributed by atoms with Gasteiger partial charge in [-0.25, -0.2) is 8.78 Å². The zero-order valence-electron chi connectivity index (χ0n) is 12.3. The van der Waals surface area contributed by atoms with Gasteiger partial charge in [-0.15, -0.1) is 0 Å². The number of aliphatic hydroxyl groups excluding tert-OH is 1. The SMILES string of the molecule is [N-]=[N+]=NC[C@H]1OC(OCc2ccccc2)C(N=[N+]=[N-])C(F)(F)[C@@H]1O. The van der Waals surface area contributed by atoms with Gasteiger partial charge in [0.2, 0.25) is 0 Å². The van der Waals surface area contributed by atoms with Crippen LogP contribution in [0.4, 0.5) is 8.78 Å². The third-order valence-electron chi connectivity index (χ3n) is 3.47. The number of aliphatic hydroxyl groups is 1. The second-order valence-electron chi connectivity index (χ2n) is 5.02. The van der Waals surface area contributed by atoms with Crippen molar-refractivity contribution < 1.29 is 23.4 Å². The molecule has 1 N–H and O–H groups in total. The van der Waals surface area contributed by atoms with E-state index in [4.69, 9.17) is 20.5 Å². The molecule has 24 heavy (non-hydrogen) atoms. The molecule has 0 spiro atoms. The predicted octanol–water partition coefficient (Wildman–Crippen LogP) is 2.91. The van der Waals surface area contributed by atoms with Gasteiger partial charge >= 0.3 is 0 Å². The Bertz CT molecular complexity index is 648. The largest absolute Gasteiger partial charge is 0.384 e. The highest BCUT2D eigenvalue weighted by Crippen LogP contribution is 2.37. The Balaban J connectivity index is 2.20. The molecule has 0 bridgehead atoms. The predicted molar refractivity (Wildman–Crippen MR) is 77.8 cm³/mol. The van der Waals surface area contributed by atoms with Gasteiger partial charge in [0.15, 0.2) is 12.3 Å². The summed E-state index contributed by atoms with van der Waals surface area (Å²) < 4.78 is 39.1. The monoisotopic (exact) mass is 340 g/mol. The van der Waals surface area contributed by atoms with Gasteiger partial charge in [-0.1, -0.05) is 40.6 Å². The van der Waals surface area contributed by atoms with Crippen LogP contribution < -0.4 is 0 Å². The maximum atomic E-state index is 14.3. The standard InChI is InChI=1S/C13H14F2N6O3/c14-13(15)10(19-21-17)12(23-7-8-4-2-1-3-5-8)24-9(11(13)22)6-18-20-16/h1-5,9-12,22H,6-7H2/t9-,10?,11-,12?/m1/s1. The Morgan fingerprint density at radius 3 is 2.58 bits per heavy atom. The zero-order chi connectivity index (χ0) is 17.6. The van der Waals surface area contributed by atoms with Gasteiger partial charge in [-0.2, -0.15) is 0 Å². The minimum absolute atomic E-state index is 0.0661. The summed E-state index contributed by atoms with van der Waals surface area (Å²) in [4.78, 5) is 4.83. The van der Waals surface area contributed by atoms with Crippen LogP contribution in [0.15, 0.2) is 40.6 Å². The highest BCUT2D eigenvalue weighted by molar-refractivity contribution is 5.13. The van der Waals surface area contributed by atoms with Crippen LogP contribution in [0.2, 0.25) is 0 Å². The van der Waals surface area contributed by atoms with Gasteiger partial charge < -0.3 is 14.6 Å². The highest BCUT2D eigenvalue weighted by atomic mass is 19.3. The Morgan fingerprint density at radius 2 is 1.96 bits per heavy atom. The molecule has 1 aromatic rings. The van der Waals surface area contributed by atoms with E-state index in [2.05, 4.69) is 20.1 Å². The number of rotatable bonds is 6. The lowest BCUT2D eigenvalue weighted by Crippen LogP contribution is -2.62. The first-order chi connectivity index (χ1) is 11.5. The molecule has 0 radical (unpaired) electrons. The van der Waals surface area contributed by atoms with Gasteiger partial charge in [-0.3, -0.25) is 0 Å². The molecular formula is C13H14F2N6O3. The third-order valence-corrected chi connectivity index (χ3v) is 3.47. The van der Waals surface area contributed by atoms with E-state index in [1.165, 1.54) is 0 Å². The second-order valence-corrected chi connectivity index (χ2v) is 5.02. The van der Waals surface area contributed by atoms with Gasteiger partial charge in [0.25, 0.3) is 5.92 Å². The highest BCUT2D eigenvalue weighted by Gasteiger charge is 2.58. The van der Waals surface area contributed by atoms with Gasteiger partial charge in [0.05, 0.1) is 19.3 Å². The summed E-state index contributed by atoms with van der Waals surface area (Å²) in [6.45, 7) is -0.579. The van der Waals surface area contributed by atoms with Crippen LogP contribution in [0.1, 0.15) is 5.56 Å². The smallest absolute Gasteiger partial charge is 0.289 e. The maximum absolute atomic E-state index is 14.3. The van der Waals surface area contributed by atoms with E-state index < -0.39 is 37.0 Å². The molecule has 11 heteroatoms. The first-order valence-electron chi connectivity index (χ1n) is 6.92. The fourth-order valence-corrected chi connectivity index (χ4v) is 2.26. The van der Waals surface area contributed by atoms with E-state index in [1.54, 1.807) is 30.3 Å². The molecule has 128 valence electrons. The topological polar surface area (TPSA) is 136 Å². The summed E-state index contributed by atoms with van der Waals surface area (Å²) in [7, 11) is 0. The molecule has 1 heterocycles. The third kappa shape index (κ3) is 3.91. The molecule has 0 saturated carbocycles. The summed E-state index contributed by atoms with van der Waals surface area (Å²) in [5.41, 5.74) is 17.5. The van der Waals surface area contributed by atoms with Crippen LogP contribution in [0, 0.1) is 0 Å². The molecule has 9 nitrogen and oxygen atoms in total. The van der Waals surface area contributed by atoms with Crippen molar-refractivity contribution in [2.75, 3.05) is 6.54 Å². The van der Waals surface area contributed by atoms with E-state index in [-0.39, 0.29) is 6.61 Å². The van der Waals surface area contributed by atoms with E-state index in [0.29, 0.717) is 5.56 Å². The second kappa shape index (κ2) is 7.91. The number of halogens is 2. The molecule has 1 saturated heterocycles. The molecule has 1 fully saturated rings. The van der Waals surface area contributed by atoms with E-state index >= 15 is 0 Å². The Kier molecular flexibility index (Phi) is 5.91. The molecule has 1 aliphatic heterocycles. The van der Waals surface area contributed by atoms with Crippen molar-refractivity contribution >= 4 is 0 Å². The average Bonchev–Trinajstić information content (AvgIpc) is 2.58. The molecule has 2 unspecified atom stereocenters. The molecule has 4 atom stereocenters. The first kappa shape index (κ1) is 17.9. The molecule has 1 aliphatic rings. The van der Waals surface area contributed by atoms with Crippen LogP contribution >= 0.6 is 0 Å². The zero-order valence-corrected chi connectivity index (χ0v) is 12.3. The molecule has 0 amide bonds. The van der Waals surface area contributed by atoms with Crippen LogP contribution in [-0.2, 0) is 16.1 Å². The van der Waals surface area contributed by atoms with Gasteiger partial charge in [0.1, 0.15) is 6.10 Å². The van der Waals surface area contributed by atoms with Gasteiger partial charge in [0, 0.05) is 9.82 Å². The number of alkyl halides is 2. The summed E-state index contributed by atoms with van der Waals surface area (Å²) in [6.07, 6.45) is -5.38. The summed E-state index contributed by atoms with van der Waals surface area (Å²) in [5.74, 6) is -3.80. The number of azide groups is 2. The Labute approximate surface area is 135 Å². The quantitative estimate of drug-likeness (QED) is 0.484. The van der Waals surface area contributed by atoms with Crippen LogP contribution in [0.25, 0.3) is 20.9 Å². The van der Waals surface area contributed by atoms with Crippen molar-refractivity contribution in [2.45, 2.75) is 37.1 Å². The molecule has 2 rings (SSSR count). The lowest BCUT2D eigenvalue weighted by Gasteiger charge is -2.42. The van der Waals surface area contributed by atoms with E-state index in [9.17, 15) is 13.9 Å². The number of ether oxygens (including phenoxy) is 2. The molecule has 1 aromatic carbocycles. The van der Waals surface area contributed by atoms with Crippen molar-refractivity contribution in [3.8, 4) is 0 Å². The molecule has 0 aromatic heterocycles. The number of benzene rings is 1. The van der Waals surface area contributed by atoms with Crippen LogP contribution in [0.3, 0.4) is 0 Å². The maximum Gasteiger partial charge on any atom is 0.289 e. The average molecular weight is 340 g/mol. The van der Waals surface area contributed by atoms with Gasteiger partial charge in [-0.05, 0) is 16.6 Å². The van der Waals surface area contributed by atoms with E-state index in [1.807, 2.05) is 0 Å². The Morgan fingerprint density at radius 1 is 1.25 bits per heavy atom. The fourth-order valence-electron chi connectivity index (χ4n) is 2.26. The number of nitrogens with zero attached hydrogens (tertiary/aromatic N) is 6. The number of hydrogen-bond acceptors (Lipinski definition) is 5. The van der Waals surface area contributed by atoms with Crippen molar-refractivity contribution in [1.82, 2.24) is 0 Å². The van der Waals surface area contributed by atoms with Crippen molar-refractivity contribution in [3.05, 3.63) is 56.8 Å². The summed E-state index contributed by atoms with van der Waals surface area (Å²) in [6, 6.07) is 6.65. The van der Waals surface area contributed by atoms with E-state index in [0.717, 1.165) is 0 Å². The lowest BCUT2D eigenvalue weighted by molar-refractivity contribution is -0.303. The normalized spacial score (nSPS) is 28.5. The van der Waals surface area contributed by atoms with Crippen LogP contribution in [0.5, 0.6) is 0 Å². The summed E-state index contributed by atoms with van der Waals surface area (Å²) in [5, 5.41) is 15.9. The Hall–Kier alpha value is -2.42. The minimum Gasteiger partial charge on any atom is -0.384 e. The van der Waals surface area contributed by atoms with Crippen LogP contribution in [-0.4, -0.2) is 42.1 Å². The molecule has 0 aliphatic carbocycles. The fraction of sp³-hybridized carbons (Fsp3) is 0.538. The van der Waals surface area contributed by atoms with Crippen molar-refractivity contribution in [3.63, 3.8) is 0 Å². The molecular weight excluding hydrogens is 326 g/mol. The van der Waals surface area contributed by atoms with Crippen molar-refractivity contribution in [2.24, 2.45) is 10.2 Å². The summed E-state index contributed by atoms with van der Waals surface area (Å²) >= 11 is 0.